The third-order valence-electron chi connectivity index (χ3n) is 1.67. The zero-order valence-corrected chi connectivity index (χ0v) is 8.33. The van der Waals surface area contributed by atoms with Crippen LogP contribution in [0.25, 0.3) is 0 Å². The zero-order valence-electron chi connectivity index (χ0n) is 8.33. The highest BCUT2D eigenvalue weighted by atomic mass is 19.1. The van der Waals surface area contributed by atoms with Crippen molar-refractivity contribution < 1.29 is 18.8 Å². The van der Waals surface area contributed by atoms with Crippen molar-refractivity contribution in [3.8, 4) is 0 Å². The molecule has 0 heterocycles. The average Bonchev–Trinajstić information content (AvgIpc) is 2.22. The summed E-state index contributed by atoms with van der Waals surface area (Å²) in [6, 6.07) is 6.09. The lowest BCUT2D eigenvalue weighted by atomic mass is 10.1. The Hall–Kier alpha value is -1.46. The summed E-state index contributed by atoms with van der Waals surface area (Å²) in [5.74, 6) is -0.823. The maximum Gasteiger partial charge on any atom is 0.248 e. The maximum absolute atomic E-state index is 13.1. The Morgan fingerprint density at radius 3 is 2.87 bits per heavy atom. The molecule has 1 aromatic rings. The Morgan fingerprint density at radius 1 is 1.47 bits per heavy atom. The van der Waals surface area contributed by atoms with Crippen molar-refractivity contribution >= 4 is 5.91 Å². The second kappa shape index (κ2) is 6.10. The van der Waals surface area contributed by atoms with Crippen LogP contribution in [0.3, 0.4) is 0 Å². The fourth-order valence-electron chi connectivity index (χ4n) is 1.02. The van der Waals surface area contributed by atoms with Crippen molar-refractivity contribution in [2.24, 2.45) is 0 Å². The van der Waals surface area contributed by atoms with Crippen LogP contribution in [0.15, 0.2) is 24.3 Å². The Labute approximate surface area is 86.9 Å². The minimum atomic E-state index is -0.419. The molecule has 0 atom stereocenters. The first-order valence-corrected chi connectivity index (χ1v) is 4.37. The molecule has 82 valence electrons. The van der Waals surface area contributed by atoms with E-state index in [0.29, 0.717) is 5.56 Å². The summed E-state index contributed by atoms with van der Waals surface area (Å²) >= 11 is 0. The number of hydroxylamine groups is 1. The number of benzene rings is 1. The number of carbonyl (C=O) groups is 1. The fourth-order valence-corrected chi connectivity index (χ4v) is 1.02. The molecule has 0 saturated carbocycles. The van der Waals surface area contributed by atoms with E-state index in [0.717, 1.165) is 0 Å². The van der Waals surface area contributed by atoms with Crippen LogP contribution in [0.5, 0.6) is 0 Å². The highest BCUT2D eigenvalue weighted by Crippen LogP contribution is 2.06. The Morgan fingerprint density at radius 2 is 2.20 bits per heavy atom. The van der Waals surface area contributed by atoms with Gasteiger partial charge in [0.1, 0.15) is 5.82 Å². The van der Waals surface area contributed by atoms with E-state index in [4.69, 9.17) is 0 Å². The molecule has 0 aromatic heterocycles. The topological polar surface area (TPSA) is 47.6 Å². The van der Waals surface area contributed by atoms with E-state index < -0.39 is 11.7 Å². The molecule has 0 bridgehead atoms. The number of ether oxygens (including phenoxy) is 1. The summed E-state index contributed by atoms with van der Waals surface area (Å²) in [5, 5.41) is 0. The predicted octanol–water partition coefficient (Wildman–Crippen LogP) is 1.02. The summed E-state index contributed by atoms with van der Waals surface area (Å²) in [5.41, 5.74) is 2.46. The van der Waals surface area contributed by atoms with Crippen LogP contribution >= 0.6 is 0 Å². The van der Waals surface area contributed by atoms with Crippen molar-refractivity contribution in [1.29, 1.82) is 0 Å². The van der Waals surface area contributed by atoms with Gasteiger partial charge in [0.25, 0.3) is 0 Å². The summed E-state index contributed by atoms with van der Waals surface area (Å²) in [7, 11) is 1.43. The minimum absolute atomic E-state index is 0.0387. The Kier molecular flexibility index (Phi) is 4.73. The van der Waals surface area contributed by atoms with Gasteiger partial charge in [-0.3, -0.25) is 4.79 Å². The maximum atomic E-state index is 13.1. The number of halogens is 1. The van der Waals surface area contributed by atoms with Crippen molar-refractivity contribution in [3.05, 3.63) is 35.6 Å². The monoisotopic (exact) mass is 213 g/mol. The van der Waals surface area contributed by atoms with Gasteiger partial charge >= 0.3 is 0 Å². The number of hydrogen-bond acceptors (Lipinski definition) is 3. The van der Waals surface area contributed by atoms with E-state index >= 15 is 0 Å². The standard InChI is InChI=1S/C10H12FNO3/c1-14-7-15-12-10(13)6-8-4-2-3-5-9(8)11/h2-5H,6-7H2,1H3,(H,12,13). The van der Waals surface area contributed by atoms with Crippen molar-refractivity contribution in [2.75, 3.05) is 13.9 Å². The van der Waals surface area contributed by atoms with Gasteiger partial charge in [-0.05, 0) is 11.6 Å². The fraction of sp³-hybridized carbons (Fsp3) is 0.300. The van der Waals surface area contributed by atoms with Crippen LogP contribution < -0.4 is 5.48 Å². The van der Waals surface area contributed by atoms with Gasteiger partial charge in [-0.15, -0.1) is 0 Å². The third kappa shape index (κ3) is 4.05. The second-order valence-corrected chi connectivity index (χ2v) is 2.84. The van der Waals surface area contributed by atoms with Gasteiger partial charge in [0, 0.05) is 7.11 Å². The van der Waals surface area contributed by atoms with E-state index in [2.05, 4.69) is 15.1 Å². The molecular formula is C10H12FNO3. The molecule has 1 amide bonds. The van der Waals surface area contributed by atoms with Crippen molar-refractivity contribution in [2.45, 2.75) is 6.42 Å². The molecule has 0 unspecified atom stereocenters. The van der Waals surface area contributed by atoms with E-state index in [1.54, 1.807) is 18.2 Å². The van der Waals surface area contributed by atoms with Gasteiger partial charge < -0.3 is 4.74 Å². The van der Waals surface area contributed by atoms with E-state index in [9.17, 15) is 9.18 Å². The smallest absolute Gasteiger partial charge is 0.248 e. The molecule has 0 aliphatic carbocycles. The predicted molar refractivity (Wildman–Crippen MR) is 51.2 cm³/mol. The van der Waals surface area contributed by atoms with Crippen molar-refractivity contribution in [1.82, 2.24) is 5.48 Å². The molecule has 0 aliphatic heterocycles. The van der Waals surface area contributed by atoms with Crippen LogP contribution in [0, 0.1) is 5.82 Å². The number of methoxy groups -OCH3 is 1. The highest BCUT2D eigenvalue weighted by Gasteiger charge is 2.06. The molecule has 0 fully saturated rings. The first-order valence-electron chi connectivity index (χ1n) is 4.37. The summed E-state index contributed by atoms with van der Waals surface area (Å²) in [6.45, 7) is -0.0387. The Balaban J connectivity index is 2.41. The molecule has 0 aliphatic rings. The normalized spacial score (nSPS) is 10.0. The Bertz CT molecular complexity index is 330. The molecule has 1 aromatic carbocycles. The largest absolute Gasteiger partial charge is 0.356 e. The number of amides is 1. The van der Waals surface area contributed by atoms with Gasteiger partial charge in [0.05, 0.1) is 6.42 Å². The molecule has 0 saturated heterocycles. The lowest BCUT2D eigenvalue weighted by Gasteiger charge is -2.05. The van der Waals surface area contributed by atoms with Crippen LogP contribution in [0.1, 0.15) is 5.56 Å². The summed E-state index contributed by atoms with van der Waals surface area (Å²) in [4.78, 5) is 15.8. The molecule has 0 radical (unpaired) electrons. The van der Waals surface area contributed by atoms with Crippen LogP contribution in [-0.2, 0) is 20.8 Å². The quantitative estimate of drug-likeness (QED) is 0.451. The molecule has 15 heavy (non-hydrogen) atoms. The van der Waals surface area contributed by atoms with Gasteiger partial charge in [-0.1, -0.05) is 18.2 Å². The zero-order chi connectivity index (χ0) is 11.1. The molecule has 1 rings (SSSR count). The van der Waals surface area contributed by atoms with E-state index in [1.165, 1.54) is 13.2 Å². The summed E-state index contributed by atoms with van der Waals surface area (Å²) in [6.07, 6.45) is -0.0591. The number of hydrogen-bond donors (Lipinski definition) is 1. The number of carbonyl (C=O) groups excluding carboxylic acids is 1. The first-order chi connectivity index (χ1) is 7.24. The SMILES string of the molecule is COCONC(=O)Cc1ccccc1F. The average molecular weight is 213 g/mol. The van der Waals surface area contributed by atoms with Gasteiger partial charge in [0.2, 0.25) is 5.91 Å². The van der Waals surface area contributed by atoms with Gasteiger partial charge in [-0.25, -0.2) is 14.7 Å². The van der Waals surface area contributed by atoms with Crippen molar-refractivity contribution in [3.63, 3.8) is 0 Å². The van der Waals surface area contributed by atoms with Crippen LogP contribution in [0.4, 0.5) is 4.39 Å². The van der Waals surface area contributed by atoms with E-state index in [-0.39, 0.29) is 13.2 Å². The van der Waals surface area contributed by atoms with Gasteiger partial charge in [-0.2, -0.15) is 0 Å². The third-order valence-corrected chi connectivity index (χ3v) is 1.67. The molecule has 0 spiro atoms. The molecule has 4 nitrogen and oxygen atoms in total. The molecule has 1 N–H and O–H groups in total. The van der Waals surface area contributed by atoms with Crippen LogP contribution in [-0.4, -0.2) is 19.8 Å². The second-order valence-electron chi connectivity index (χ2n) is 2.84. The first kappa shape index (κ1) is 11.6. The lowest BCUT2D eigenvalue weighted by molar-refractivity contribution is -0.144. The number of rotatable bonds is 5. The molecular weight excluding hydrogens is 201 g/mol. The lowest BCUT2D eigenvalue weighted by Crippen LogP contribution is -2.26. The molecule has 5 heteroatoms. The van der Waals surface area contributed by atoms with Gasteiger partial charge in [0.15, 0.2) is 6.79 Å². The minimum Gasteiger partial charge on any atom is -0.356 e. The van der Waals surface area contributed by atoms with Crippen LogP contribution in [0.2, 0.25) is 0 Å². The summed E-state index contributed by atoms with van der Waals surface area (Å²) < 4.78 is 17.6. The van der Waals surface area contributed by atoms with E-state index in [1.807, 2.05) is 0 Å². The highest BCUT2D eigenvalue weighted by molar-refractivity contribution is 5.77. The number of nitrogens with one attached hydrogen (secondary N) is 1.